The van der Waals surface area contributed by atoms with Crippen LogP contribution in [0, 0.1) is 0 Å². The number of nitrogens with zero attached hydrogens (tertiary/aromatic N) is 1. The monoisotopic (exact) mass is 334 g/mol. The molecule has 0 spiro atoms. The molecular weight excluding hydrogens is 312 g/mol. The molecule has 2 N–H and O–H groups in total. The number of carboxylic acid groups (broad SMARTS) is 1. The normalized spacial score (nSPS) is 12.6. The van der Waals surface area contributed by atoms with E-state index in [0.717, 1.165) is 12.8 Å². The highest BCUT2D eigenvalue weighted by molar-refractivity contribution is 8.00. The molecule has 6 nitrogen and oxygen atoms in total. The molecule has 0 unspecified atom stereocenters. The molecular formula is C13H22N2O4S2. The number of thioether (sulfide) groups is 1. The van der Waals surface area contributed by atoms with Gasteiger partial charge in [-0.15, -0.1) is 0 Å². The van der Waals surface area contributed by atoms with Crippen LogP contribution in [0.5, 0.6) is 0 Å². The number of rotatable bonds is 8. The zero-order valence-electron chi connectivity index (χ0n) is 12.7. The summed E-state index contributed by atoms with van der Waals surface area (Å²) in [5.74, 6) is -1.15. The van der Waals surface area contributed by atoms with Crippen LogP contribution in [0.25, 0.3) is 0 Å². The molecule has 120 valence electrons. The summed E-state index contributed by atoms with van der Waals surface area (Å²) >= 11 is 1.64. The Morgan fingerprint density at radius 1 is 1.43 bits per heavy atom. The fourth-order valence-corrected chi connectivity index (χ4v) is 4.15. The molecule has 0 radical (unpaired) electrons. The van der Waals surface area contributed by atoms with E-state index in [0.29, 0.717) is 6.54 Å². The zero-order chi connectivity index (χ0) is 16.3. The number of aryl methyl sites for hydroxylation is 1. The summed E-state index contributed by atoms with van der Waals surface area (Å²) in [5.41, 5.74) is -0.0579. The van der Waals surface area contributed by atoms with Crippen LogP contribution in [0.3, 0.4) is 0 Å². The van der Waals surface area contributed by atoms with Crippen molar-refractivity contribution in [3.05, 3.63) is 18.0 Å². The minimum absolute atomic E-state index is 0.0235. The number of hydrogen-bond acceptors (Lipinski definition) is 4. The summed E-state index contributed by atoms with van der Waals surface area (Å²) in [4.78, 5) is 11.0. The van der Waals surface area contributed by atoms with E-state index in [4.69, 9.17) is 5.11 Å². The molecule has 0 fully saturated rings. The van der Waals surface area contributed by atoms with Crippen molar-refractivity contribution in [3.8, 4) is 0 Å². The van der Waals surface area contributed by atoms with Gasteiger partial charge in [-0.25, -0.2) is 17.9 Å². The highest BCUT2D eigenvalue weighted by Crippen LogP contribution is 2.30. The molecule has 0 saturated heterocycles. The fraction of sp³-hybridized carbons (Fsp3) is 0.615. The number of carboxylic acids is 1. The van der Waals surface area contributed by atoms with E-state index < -0.39 is 16.0 Å². The number of aromatic nitrogens is 1. The number of carbonyl (C=O) groups is 1. The van der Waals surface area contributed by atoms with E-state index in [9.17, 15) is 13.2 Å². The fourth-order valence-electron chi connectivity index (χ4n) is 2.06. The largest absolute Gasteiger partial charge is 0.477 e. The van der Waals surface area contributed by atoms with Crippen LogP contribution in [-0.4, -0.2) is 41.6 Å². The second-order valence-electron chi connectivity index (χ2n) is 4.90. The van der Waals surface area contributed by atoms with E-state index in [1.807, 2.05) is 20.1 Å². The molecule has 0 bridgehead atoms. The van der Waals surface area contributed by atoms with Gasteiger partial charge in [0.05, 0.1) is 0 Å². The van der Waals surface area contributed by atoms with Crippen molar-refractivity contribution in [2.75, 3.05) is 12.8 Å². The molecule has 21 heavy (non-hydrogen) atoms. The van der Waals surface area contributed by atoms with E-state index in [2.05, 4.69) is 4.72 Å². The highest BCUT2D eigenvalue weighted by atomic mass is 32.2. The molecule has 0 aliphatic heterocycles. The Labute approximate surface area is 130 Å². The minimum atomic E-state index is -3.71. The molecule has 0 amide bonds. The maximum atomic E-state index is 12.3. The number of nitrogens with one attached hydrogen (secondary N) is 1. The molecule has 0 aliphatic carbocycles. The van der Waals surface area contributed by atoms with Crippen LogP contribution in [0.1, 0.15) is 37.2 Å². The van der Waals surface area contributed by atoms with Crippen LogP contribution < -0.4 is 4.72 Å². The van der Waals surface area contributed by atoms with Gasteiger partial charge in [-0.1, -0.05) is 13.8 Å². The first-order chi connectivity index (χ1) is 9.71. The van der Waals surface area contributed by atoms with Crippen molar-refractivity contribution >= 4 is 27.8 Å². The minimum Gasteiger partial charge on any atom is -0.477 e. The summed E-state index contributed by atoms with van der Waals surface area (Å²) in [7, 11) is -2.20. The van der Waals surface area contributed by atoms with Crippen LogP contribution in [0.15, 0.2) is 17.2 Å². The first-order valence-electron chi connectivity index (χ1n) is 6.66. The summed E-state index contributed by atoms with van der Waals surface area (Å²) in [6.07, 6.45) is 4.97. The molecule has 1 aromatic rings. The van der Waals surface area contributed by atoms with Gasteiger partial charge in [-0.2, -0.15) is 11.8 Å². The van der Waals surface area contributed by atoms with E-state index in [1.54, 1.807) is 11.8 Å². The third kappa shape index (κ3) is 4.02. The molecule has 0 atom stereocenters. The van der Waals surface area contributed by atoms with Gasteiger partial charge in [0, 0.05) is 24.5 Å². The lowest BCUT2D eigenvalue weighted by molar-refractivity contribution is 0.0686. The topological polar surface area (TPSA) is 88.4 Å². The van der Waals surface area contributed by atoms with Gasteiger partial charge < -0.3 is 9.67 Å². The zero-order valence-corrected chi connectivity index (χ0v) is 14.3. The van der Waals surface area contributed by atoms with Gasteiger partial charge in [0.2, 0.25) is 10.0 Å². The summed E-state index contributed by atoms with van der Waals surface area (Å²) in [6.45, 7) is 4.37. The first-order valence-corrected chi connectivity index (χ1v) is 9.36. The van der Waals surface area contributed by atoms with Gasteiger partial charge in [0.1, 0.15) is 10.6 Å². The predicted molar refractivity (Wildman–Crippen MR) is 84.4 cm³/mol. The predicted octanol–water partition coefficient (Wildman–Crippen LogP) is 1.92. The Bertz CT molecular complexity index is 595. The smallest absolute Gasteiger partial charge is 0.352 e. The quantitative estimate of drug-likeness (QED) is 0.758. The van der Waals surface area contributed by atoms with Crippen LogP contribution >= 0.6 is 11.8 Å². The molecule has 1 aromatic heterocycles. The average molecular weight is 334 g/mol. The van der Waals surface area contributed by atoms with Crippen molar-refractivity contribution in [2.45, 2.75) is 36.3 Å². The van der Waals surface area contributed by atoms with E-state index >= 15 is 0 Å². The molecule has 0 saturated carbocycles. The Morgan fingerprint density at radius 2 is 2.00 bits per heavy atom. The second kappa shape index (κ2) is 6.85. The summed E-state index contributed by atoms with van der Waals surface area (Å²) < 4.78 is 28.3. The Morgan fingerprint density at radius 3 is 2.38 bits per heavy atom. The van der Waals surface area contributed by atoms with Crippen LogP contribution in [0.2, 0.25) is 0 Å². The maximum Gasteiger partial charge on any atom is 0.352 e. The Balaban J connectivity index is 2.97. The van der Waals surface area contributed by atoms with Crippen LogP contribution in [-0.2, 0) is 17.1 Å². The maximum absolute atomic E-state index is 12.3. The SMILES string of the molecule is CCC(CC)(CNS(=O)(=O)c1cc(C(=O)O)n(C)c1)SC. The Hall–Kier alpha value is -0.990. The van der Waals surface area contributed by atoms with Crippen LogP contribution in [0.4, 0.5) is 0 Å². The van der Waals surface area contributed by atoms with E-state index in [-0.39, 0.29) is 15.3 Å². The van der Waals surface area contributed by atoms with E-state index in [1.165, 1.54) is 23.9 Å². The number of hydrogen-bond donors (Lipinski definition) is 2. The van der Waals surface area contributed by atoms with Crippen molar-refractivity contribution in [3.63, 3.8) is 0 Å². The third-order valence-corrected chi connectivity index (χ3v) is 6.77. The molecule has 1 heterocycles. The van der Waals surface area contributed by atoms with Gasteiger partial charge in [0.25, 0.3) is 0 Å². The highest BCUT2D eigenvalue weighted by Gasteiger charge is 2.28. The van der Waals surface area contributed by atoms with Crippen molar-refractivity contribution in [2.24, 2.45) is 7.05 Å². The lowest BCUT2D eigenvalue weighted by atomic mass is 10.0. The van der Waals surface area contributed by atoms with Gasteiger partial charge in [-0.05, 0) is 25.2 Å². The number of sulfonamides is 1. The molecule has 0 aliphatic rings. The van der Waals surface area contributed by atoms with Crippen molar-refractivity contribution in [1.29, 1.82) is 0 Å². The molecule has 1 rings (SSSR count). The average Bonchev–Trinajstić information content (AvgIpc) is 2.84. The summed E-state index contributed by atoms with van der Waals surface area (Å²) in [6, 6.07) is 1.17. The standard InChI is InChI=1S/C13H22N2O4S2/c1-5-13(6-2,20-4)9-14-21(18,19)10-7-11(12(16)17)15(3)8-10/h7-8,14H,5-6,9H2,1-4H3,(H,16,17). The van der Waals surface area contributed by atoms with Crippen molar-refractivity contribution in [1.82, 2.24) is 9.29 Å². The Kier molecular flexibility index (Phi) is 5.89. The second-order valence-corrected chi connectivity index (χ2v) is 7.94. The lowest BCUT2D eigenvalue weighted by Gasteiger charge is -2.29. The third-order valence-electron chi connectivity index (χ3n) is 3.82. The molecule has 0 aromatic carbocycles. The van der Waals surface area contributed by atoms with Gasteiger partial charge >= 0.3 is 5.97 Å². The molecule has 8 heteroatoms. The van der Waals surface area contributed by atoms with Crippen molar-refractivity contribution < 1.29 is 18.3 Å². The lowest BCUT2D eigenvalue weighted by Crippen LogP contribution is -2.39. The first kappa shape index (κ1) is 18.1. The number of aromatic carboxylic acids is 1. The van der Waals surface area contributed by atoms with Gasteiger partial charge in [-0.3, -0.25) is 0 Å². The summed E-state index contributed by atoms with van der Waals surface area (Å²) in [5, 5.41) is 8.98. The van der Waals surface area contributed by atoms with Gasteiger partial charge in [0.15, 0.2) is 0 Å².